The number of carbonyl (C=O) groups is 1. The van der Waals surface area contributed by atoms with Crippen LogP contribution in [0.2, 0.25) is 0 Å². The van der Waals surface area contributed by atoms with Crippen LogP contribution < -0.4 is 0 Å². The Kier molecular flexibility index (Phi) is 4.90. The standard InChI is InChI=1S/C18H23F2N3O4/c1-25-17(24)14-9-22(13-6-18(19,20)7-13)11-26-10-12-8-21-23(16(12)14)15-4-2-3-5-27-15/h8-9,13,15H,2-7,10-11H2,1H3/b14-9+. The molecule has 0 bridgehead atoms. The Hall–Kier alpha value is -2.00. The number of nitrogens with zero attached hydrogens (tertiary/aromatic N) is 3. The molecule has 0 N–H and O–H groups in total. The van der Waals surface area contributed by atoms with Crippen LogP contribution in [-0.2, 0) is 25.6 Å². The maximum atomic E-state index is 13.3. The number of halogens is 2. The number of esters is 1. The minimum atomic E-state index is -2.66. The summed E-state index contributed by atoms with van der Waals surface area (Å²) < 4.78 is 44.8. The van der Waals surface area contributed by atoms with E-state index in [9.17, 15) is 13.6 Å². The summed E-state index contributed by atoms with van der Waals surface area (Å²) in [6.45, 7) is 0.998. The number of hydrogen-bond acceptors (Lipinski definition) is 6. The van der Waals surface area contributed by atoms with E-state index in [2.05, 4.69) is 5.10 Å². The SMILES string of the molecule is COC(=O)/C1=C/N(C2CC(F)(F)C2)COCc2cnn(C3CCCCO3)c21. The third kappa shape index (κ3) is 3.58. The number of fused-ring (bicyclic) bond motifs is 1. The lowest BCUT2D eigenvalue weighted by molar-refractivity contribution is -0.135. The van der Waals surface area contributed by atoms with Gasteiger partial charge in [0, 0.05) is 37.3 Å². The predicted octanol–water partition coefficient (Wildman–Crippen LogP) is 2.68. The molecule has 1 saturated heterocycles. The molecule has 1 saturated carbocycles. The molecule has 0 aromatic carbocycles. The molecule has 1 aromatic rings. The van der Waals surface area contributed by atoms with E-state index in [0.29, 0.717) is 12.3 Å². The molecule has 1 aliphatic carbocycles. The average molecular weight is 383 g/mol. The quantitative estimate of drug-likeness (QED) is 0.748. The predicted molar refractivity (Wildman–Crippen MR) is 90.5 cm³/mol. The molecular weight excluding hydrogens is 360 g/mol. The normalized spacial score (nSPS) is 27.6. The molecule has 0 amide bonds. The number of alkyl halides is 2. The van der Waals surface area contributed by atoms with Gasteiger partial charge in [-0.2, -0.15) is 5.10 Å². The van der Waals surface area contributed by atoms with Gasteiger partial charge in [-0.25, -0.2) is 18.3 Å². The van der Waals surface area contributed by atoms with Gasteiger partial charge in [-0.15, -0.1) is 0 Å². The van der Waals surface area contributed by atoms with Gasteiger partial charge >= 0.3 is 5.97 Å². The summed E-state index contributed by atoms with van der Waals surface area (Å²) in [5.41, 5.74) is 1.61. The van der Waals surface area contributed by atoms with Crippen molar-refractivity contribution in [2.45, 2.75) is 56.9 Å². The van der Waals surface area contributed by atoms with Gasteiger partial charge in [0.15, 0.2) is 6.23 Å². The second kappa shape index (κ2) is 7.20. The highest BCUT2D eigenvalue weighted by molar-refractivity contribution is 6.16. The summed E-state index contributed by atoms with van der Waals surface area (Å²) in [4.78, 5) is 14.2. The van der Waals surface area contributed by atoms with Crippen LogP contribution in [0.3, 0.4) is 0 Å². The van der Waals surface area contributed by atoms with Gasteiger partial charge in [0.05, 0.1) is 25.6 Å². The molecule has 0 radical (unpaired) electrons. The first-order valence-corrected chi connectivity index (χ1v) is 9.18. The largest absolute Gasteiger partial charge is 0.465 e. The molecule has 1 unspecified atom stereocenters. The van der Waals surface area contributed by atoms with E-state index < -0.39 is 11.9 Å². The zero-order valence-electron chi connectivity index (χ0n) is 15.2. The van der Waals surface area contributed by atoms with Crippen LogP contribution in [0, 0.1) is 0 Å². The topological polar surface area (TPSA) is 65.8 Å². The van der Waals surface area contributed by atoms with Crippen molar-refractivity contribution >= 4 is 11.5 Å². The number of rotatable bonds is 3. The summed E-state index contributed by atoms with van der Waals surface area (Å²) in [7, 11) is 1.30. The molecular formula is C18H23F2N3O4. The van der Waals surface area contributed by atoms with Gasteiger partial charge < -0.3 is 19.1 Å². The van der Waals surface area contributed by atoms with Crippen LogP contribution in [0.5, 0.6) is 0 Å². The molecule has 0 spiro atoms. The minimum Gasteiger partial charge on any atom is -0.465 e. The van der Waals surface area contributed by atoms with E-state index in [0.717, 1.165) is 24.8 Å². The fourth-order valence-corrected chi connectivity index (χ4v) is 3.79. The van der Waals surface area contributed by atoms with Gasteiger partial charge in [0.2, 0.25) is 0 Å². The summed E-state index contributed by atoms with van der Waals surface area (Å²) in [6.07, 6.45) is 5.27. The van der Waals surface area contributed by atoms with Crippen molar-refractivity contribution < 1.29 is 27.8 Å². The summed E-state index contributed by atoms with van der Waals surface area (Å²) in [5.74, 6) is -3.19. The average Bonchev–Trinajstić information content (AvgIpc) is 3.03. The van der Waals surface area contributed by atoms with Crippen molar-refractivity contribution in [2.24, 2.45) is 0 Å². The van der Waals surface area contributed by atoms with E-state index in [1.54, 1.807) is 22.0 Å². The van der Waals surface area contributed by atoms with E-state index in [4.69, 9.17) is 14.2 Å². The smallest absolute Gasteiger partial charge is 0.341 e. The van der Waals surface area contributed by atoms with Crippen LogP contribution in [0.1, 0.15) is 49.6 Å². The van der Waals surface area contributed by atoms with Crippen LogP contribution in [0.4, 0.5) is 8.78 Å². The van der Waals surface area contributed by atoms with Crippen LogP contribution >= 0.6 is 0 Å². The van der Waals surface area contributed by atoms with Crippen molar-refractivity contribution in [1.82, 2.24) is 14.7 Å². The molecule has 27 heavy (non-hydrogen) atoms. The fourth-order valence-electron chi connectivity index (χ4n) is 3.79. The Morgan fingerprint density at radius 3 is 2.85 bits per heavy atom. The minimum absolute atomic E-state index is 0.131. The molecule has 4 rings (SSSR count). The number of carbonyl (C=O) groups excluding carboxylic acids is 1. The third-order valence-electron chi connectivity index (χ3n) is 5.29. The van der Waals surface area contributed by atoms with Crippen LogP contribution in [0.25, 0.3) is 5.57 Å². The Bertz CT molecular complexity index is 735. The van der Waals surface area contributed by atoms with Crippen molar-refractivity contribution in [3.8, 4) is 0 Å². The van der Waals surface area contributed by atoms with Gasteiger partial charge in [0.1, 0.15) is 12.3 Å². The molecule has 148 valence electrons. The molecule has 3 aliphatic rings. The highest BCUT2D eigenvalue weighted by Gasteiger charge is 2.48. The van der Waals surface area contributed by atoms with Gasteiger partial charge in [-0.1, -0.05) is 0 Å². The highest BCUT2D eigenvalue weighted by Crippen LogP contribution is 2.41. The molecule has 9 heteroatoms. The Labute approximate surface area is 155 Å². The van der Waals surface area contributed by atoms with Crippen molar-refractivity contribution in [3.05, 3.63) is 23.7 Å². The molecule has 2 fully saturated rings. The lowest BCUT2D eigenvalue weighted by atomic mass is 9.87. The van der Waals surface area contributed by atoms with Gasteiger partial charge in [-0.3, -0.25) is 0 Å². The number of ether oxygens (including phenoxy) is 3. The third-order valence-corrected chi connectivity index (χ3v) is 5.29. The Balaban J connectivity index is 1.71. The lowest BCUT2D eigenvalue weighted by Gasteiger charge is -2.42. The molecule has 1 atom stereocenters. The number of hydrogen-bond donors (Lipinski definition) is 0. The first-order chi connectivity index (χ1) is 13.0. The molecule has 2 aliphatic heterocycles. The fraction of sp³-hybridized carbons (Fsp3) is 0.667. The second-order valence-electron chi connectivity index (χ2n) is 7.23. The van der Waals surface area contributed by atoms with E-state index >= 15 is 0 Å². The Morgan fingerprint density at radius 2 is 2.19 bits per heavy atom. The van der Waals surface area contributed by atoms with Crippen molar-refractivity contribution in [1.29, 1.82) is 0 Å². The van der Waals surface area contributed by atoms with Gasteiger partial charge in [0.25, 0.3) is 5.92 Å². The maximum absolute atomic E-state index is 13.3. The first-order valence-electron chi connectivity index (χ1n) is 9.18. The molecule has 3 heterocycles. The zero-order valence-corrected chi connectivity index (χ0v) is 15.2. The van der Waals surface area contributed by atoms with E-state index in [1.807, 2.05) is 0 Å². The number of methoxy groups -OCH3 is 1. The maximum Gasteiger partial charge on any atom is 0.341 e. The second-order valence-corrected chi connectivity index (χ2v) is 7.23. The van der Waals surface area contributed by atoms with Gasteiger partial charge in [-0.05, 0) is 19.3 Å². The molecule has 1 aromatic heterocycles. The molecule has 7 nitrogen and oxygen atoms in total. The summed E-state index contributed by atoms with van der Waals surface area (Å²) in [6, 6.07) is -0.372. The van der Waals surface area contributed by atoms with Crippen LogP contribution in [-0.4, -0.2) is 53.1 Å². The lowest BCUT2D eigenvalue weighted by Crippen LogP contribution is -2.49. The highest BCUT2D eigenvalue weighted by atomic mass is 19.3. The zero-order chi connectivity index (χ0) is 19.0. The first kappa shape index (κ1) is 18.4. The number of aromatic nitrogens is 2. The Morgan fingerprint density at radius 1 is 1.37 bits per heavy atom. The summed E-state index contributed by atoms with van der Waals surface area (Å²) in [5, 5.41) is 4.42. The summed E-state index contributed by atoms with van der Waals surface area (Å²) >= 11 is 0. The van der Waals surface area contributed by atoms with E-state index in [-0.39, 0.29) is 44.0 Å². The van der Waals surface area contributed by atoms with Crippen molar-refractivity contribution in [2.75, 3.05) is 20.4 Å². The van der Waals surface area contributed by atoms with Crippen molar-refractivity contribution in [3.63, 3.8) is 0 Å². The monoisotopic (exact) mass is 383 g/mol. The van der Waals surface area contributed by atoms with Crippen LogP contribution in [0.15, 0.2) is 12.4 Å². The van der Waals surface area contributed by atoms with E-state index in [1.165, 1.54) is 7.11 Å².